The number of aliphatic hydroxyl groups excluding tert-OH is 1. The van der Waals surface area contributed by atoms with Gasteiger partial charge in [0.2, 0.25) is 0 Å². The summed E-state index contributed by atoms with van der Waals surface area (Å²) in [7, 11) is -4.01. The van der Waals surface area contributed by atoms with Crippen LogP contribution in [0.4, 0.5) is 0 Å². The number of thiophene rings is 1. The largest absolute Gasteiger partial charge is 0.480 e. The van der Waals surface area contributed by atoms with Crippen LogP contribution in [-0.4, -0.2) is 37.2 Å². The third kappa shape index (κ3) is 3.63. The Bertz CT molecular complexity index is 509. The molecule has 0 aliphatic rings. The molecule has 0 amide bonds. The second-order valence-electron chi connectivity index (χ2n) is 2.88. The lowest BCUT2D eigenvalue weighted by atomic mass is 10.3. The van der Waals surface area contributed by atoms with E-state index in [-0.39, 0.29) is 9.23 Å². The van der Waals surface area contributed by atoms with Crippen molar-refractivity contribution >= 4 is 54.9 Å². The number of hydrogen-bond donors (Lipinski definition) is 3. The van der Waals surface area contributed by atoms with Crippen LogP contribution in [0.2, 0.25) is 5.02 Å². The topological polar surface area (TPSA) is 104 Å². The number of nitrogens with one attached hydrogen (secondary N) is 1. The van der Waals surface area contributed by atoms with Crippen molar-refractivity contribution in [1.29, 1.82) is 0 Å². The molecule has 96 valence electrons. The highest BCUT2D eigenvalue weighted by Crippen LogP contribution is 2.34. The minimum Gasteiger partial charge on any atom is -0.480 e. The van der Waals surface area contributed by atoms with Gasteiger partial charge in [-0.1, -0.05) is 11.6 Å². The molecule has 10 heteroatoms. The van der Waals surface area contributed by atoms with Gasteiger partial charge in [-0.15, -0.1) is 11.3 Å². The van der Waals surface area contributed by atoms with E-state index in [0.717, 1.165) is 11.3 Å². The second kappa shape index (κ2) is 5.63. The molecule has 0 saturated carbocycles. The number of carboxylic acid groups (broad SMARTS) is 1. The number of halogens is 2. The molecule has 3 N–H and O–H groups in total. The van der Waals surface area contributed by atoms with Gasteiger partial charge < -0.3 is 10.2 Å². The fraction of sp³-hybridized carbons (Fsp3) is 0.286. The van der Waals surface area contributed by atoms with Gasteiger partial charge in [0.25, 0.3) is 10.0 Å². The van der Waals surface area contributed by atoms with Crippen molar-refractivity contribution in [2.75, 3.05) is 6.61 Å². The lowest BCUT2D eigenvalue weighted by molar-refractivity contribution is -0.139. The van der Waals surface area contributed by atoms with Crippen LogP contribution in [-0.2, 0) is 14.8 Å². The first-order valence-corrected chi connectivity index (χ1v) is 7.56. The molecular formula is C7H7BrClNO5S2. The Hall–Kier alpha value is -0.190. The van der Waals surface area contributed by atoms with Gasteiger partial charge in [-0.25, -0.2) is 8.42 Å². The van der Waals surface area contributed by atoms with Crippen molar-refractivity contribution in [3.05, 3.63) is 14.9 Å². The maximum atomic E-state index is 11.7. The van der Waals surface area contributed by atoms with E-state index in [9.17, 15) is 13.2 Å². The quantitative estimate of drug-likeness (QED) is 0.720. The van der Waals surface area contributed by atoms with E-state index in [4.69, 9.17) is 21.8 Å². The predicted molar refractivity (Wildman–Crippen MR) is 65.9 cm³/mol. The molecule has 1 aromatic rings. The van der Waals surface area contributed by atoms with E-state index in [1.54, 1.807) is 0 Å². The number of rotatable bonds is 5. The molecule has 0 saturated heterocycles. The highest BCUT2D eigenvalue weighted by Gasteiger charge is 2.26. The summed E-state index contributed by atoms with van der Waals surface area (Å²) < 4.78 is 25.6. The summed E-state index contributed by atoms with van der Waals surface area (Å²) in [5.41, 5.74) is 0. The molecule has 1 aromatic heterocycles. The molecular weight excluding hydrogens is 358 g/mol. The van der Waals surface area contributed by atoms with Gasteiger partial charge in [-0.2, -0.15) is 4.72 Å². The highest BCUT2D eigenvalue weighted by atomic mass is 79.9. The zero-order valence-electron chi connectivity index (χ0n) is 8.05. The van der Waals surface area contributed by atoms with Gasteiger partial charge in [0.05, 0.1) is 15.4 Å². The van der Waals surface area contributed by atoms with Crippen LogP contribution in [0.15, 0.2) is 14.1 Å². The summed E-state index contributed by atoms with van der Waals surface area (Å²) in [5, 5.41) is 17.6. The number of aliphatic hydroxyl groups is 1. The summed E-state index contributed by atoms with van der Waals surface area (Å²) in [5.74, 6) is -1.46. The molecule has 17 heavy (non-hydrogen) atoms. The number of carbonyl (C=O) groups is 1. The van der Waals surface area contributed by atoms with Gasteiger partial charge >= 0.3 is 5.97 Å². The number of hydrogen-bond acceptors (Lipinski definition) is 5. The number of aliphatic carboxylic acids is 1. The Labute approximate surface area is 114 Å². The Balaban J connectivity index is 3.00. The van der Waals surface area contributed by atoms with Gasteiger partial charge in [0.15, 0.2) is 0 Å². The van der Waals surface area contributed by atoms with Crippen molar-refractivity contribution in [3.63, 3.8) is 0 Å². The first kappa shape index (κ1) is 14.9. The van der Waals surface area contributed by atoms with Gasteiger partial charge in [0, 0.05) is 0 Å². The normalized spacial score (nSPS) is 13.6. The van der Waals surface area contributed by atoms with Crippen molar-refractivity contribution in [1.82, 2.24) is 4.72 Å². The lowest BCUT2D eigenvalue weighted by Crippen LogP contribution is -2.42. The third-order valence-electron chi connectivity index (χ3n) is 1.67. The zero-order valence-corrected chi connectivity index (χ0v) is 12.0. The summed E-state index contributed by atoms with van der Waals surface area (Å²) >= 11 is 9.57. The van der Waals surface area contributed by atoms with Gasteiger partial charge in [-0.05, 0) is 22.0 Å². The molecule has 0 radical (unpaired) electrons. The van der Waals surface area contributed by atoms with E-state index < -0.39 is 28.6 Å². The second-order valence-corrected chi connectivity index (χ2v) is 7.60. The highest BCUT2D eigenvalue weighted by molar-refractivity contribution is 9.11. The molecule has 1 heterocycles. The molecule has 1 rings (SSSR count). The maximum Gasteiger partial charge on any atom is 0.324 e. The molecule has 1 atom stereocenters. The van der Waals surface area contributed by atoms with Crippen LogP contribution in [0.3, 0.4) is 0 Å². The SMILES string of the molecule is O=C(O)[C@H](CO)NS(=O)(=O)c1cc(Cl)c(Br)s1. The Morgan fingerprint density at radius 1 is 1.65 bits per heavy atom. The average molecular weight is 365 g/mol. The summed E-state index contributed by atoms with van der Waals surface area (Å²) in [4.78, 5) is 10.6. The molecule has 0 aromatic carbocycles. The minimum atomic E-state index is -4.01. The fourth-order valence-corrected chi connectivity index (χ4v) is 4.47. The number of carboxylic acids is 1. The molecule has 0 bridgehead atoms. The van der Waals surface area contributed by atoms with E-state index >= 15 is 0 Å². The van der Waals surface area contributed by atoms with Crippen LogP contribution >= 0.6 is 38.9 Å². The Morgan fingerprint density at radius 2 is 2.24 bits per heavy atom. The molecule has 0 unspecified atom stereocenters. The van der Waals surface area contributed by atoms with E-state index in [1.165, 1.54) is 6.07 Å². The molecule has 6 nitrogen and oxygen atoms in total. The summed E-state index contributed by atoms with van der Waals surface area (Å²) in [6.45, 7) is -0.838. The van der Waals surface area contributed by atoms with E-state index in [2.05, 4.69) is 15.9 Å². The Morgan fingerprint density at radius 3 is 2.59 bits per heavy atom. The van der Waals surface area contributed by atoms with E-state index in [0.29, 0.717) is 3.79 Å². The van der Waals surface area contributed by atoms with Crippen LogP contribution in [0, 0.1) is 0 Å². The van der Waals surface area contributed by atoms with Crippen LogP contribution in [0.25, 0.3) is 0 Å². The summed E-state index contributed by atoms with van der Waals surface area (Å²) in [6, 6.07) is -0.394. The third-order valence-corrected chi connectivity index (χ3v) is 6.09. The predicted octanol–water partition coefficient (Wildman–Crippen LogP) is 0.888. The molecule has 0 aliphatic carbocycles. The first-order chi connectivity index (χ1) is 7.77. The monoisotopic (exact) mass is 363 g/mol. The molecule has 0 aliphatic heterocycles. The standard InChI is InChI=1S/C7H7BrClNO5S2/c8-6-3(9)1-5(16-6)17(14,15)10-4(2-11)7(12)13/h1,4,10-11H,2H2,(H,12,13)/t4-/m0/s1. The van der Waals surface area contributed by atoms with Crippen molar-refractivity contribution in [2.24, 2.45) is 0 Å². The minimum absolute atomic E-state index is 0.130. The van der Waals surface area contributed by atoms with Crippen LogP contribution in [0.1, 0.15) is 0 Å². The number of sulfonamides is 1. The molecule has 0 spiro atoms. The summed E-state index contributed by atoms with van der Waals surface area (Å²) in [6.07, 6.45) is 0. The Kier molecular flexibility index (Phi) is 4.93. The fourth-order valence-electron chi connectivity index (χ4n) is 0.870. The van der Waals surface area contributed by atoms with Crippen molar-refractivity contribution < 1.29 is 23.4 Å². The van der Waals surface area contributed by atoms with Gasteiger partial charge in [-0.3, -0.25) is 4.79 Å². The zero-order chi connectivity index (χ0) is 13.2. The average Bonchev–Trinajstić information content (AvgIpc) is 2.56. The lowest BCUT2D eigenvalue weighted by Gasteiger charge is -2.10. The van der Waals surface area contributed by atoms with Crippen molar-refractivity contribution in [3.8, 4) is 0 Å². The van der Waals surface area contributed by atoms with Crippen molar-refractivity contribution in [2.45, 2.75) is 10.3 Å². The first-order valence-electron chi connectivity index (χ1n) is 4.08. The van der Waals surface area contributed by atoms with Gasteiger partial charge in [0.1, 0.15) is 10.3 Å². The maximum absolute atomic E-state index is 11.7. The van der Waals surface area contributed by atoms with Crippen LogP contribution in [0.5, 0.6) is 0 Å². The van der Waals surface area contributed by atoms with Crippen LogP contribution < -0.4 is 4.72 Å². The smallest absolute Gasteiger partial charge is 0.324 e. The molecule has 0 fully saturated rings. The van der Waals surface area contributed by atoms with E-state index in [1.807, 2.05) is 4.72 Å².